The maximum Gasteiger partial charge on any atom is 0.340 e. The van der Waals surface area contributed by atoms with Crippen LogP contribution in [0, 0.1) is 6.92 Å². The minimum absolute atomic E-state index is 0.225. The molecule has 4 heteroatoms. The van der Waals surface area contributed by atoms with Crippen molar-refractivity contribution in [1.29, 1.82) is 0 Å². The molecule has 0 N–H and O–H groups in total. The Balaban J connectivity index is 2.11. The van der Waals surface area contributed by atoms with E-state index in [0.29, 0.717) is 16.8 Å². The second-order valence-electron chi connectivity index (χ2n) is 6.13. The zero-order valence-electron chi connectivity index (χ0n) is 15.2. The first-order valence-corrected chi connectivity index (χ1v) is 8.59. The van der Waals surface area contributed by atoms with E-state index in [4.69, 9.17) is 4.74 Å². The Morgan fingerprint density at radius 3 is 2.31 bits per heavy atom. The number of ether oxygens (including phenoxy) is 1. The van der Waals surface area contributed by atoms with Crippen LogP contribution in [0.1, 0.15) is 25.0 Å². The Morgan fingerprint density at radius 2 is 1.69 bits per heavy atom. The number of anilines is 1. The average molecular weight is 347 g/mol. The molecule has 0 atom stereocenters. The molecule has 0 aliphatic carbocycles. The Kier molecular flexibility index (Phi) is 5.03. The van der Waals surface area contributed by atoms with Crippen LogP contribution in [0.4, 0.5) is 5.69 Å². The van der Waals surface area contributed by atoms with E-state index in [2.05, 4.69) is 0 Å². The monoisotopic (exact) mass is 347 g/mol. The number of esters is 1. The molecule has 1 heterocycles. The van der Waals surface area contributed by atoms with Gasteiger partial charge in [0.15, 0.2) is 0 Å². The minimum Gasteiger partial charge on any atom is -0.462 e. The van der Waals surface area contributed by atoms with Crippen LogP contribution in [0.25, 0.3) is 6.08 Å². The van der Waals surface area contributed by atoms with Crippen LogP contribution in [0.3, 0.4) is 0 Å². The number of hydrogen-bond acceptors (Lipinski definition) is 3. The molecule has 2 aromatic carbocycles. The van der Waals surface area contributed by atoms with Gasteiger partial charge in [0, 0.05) is 11.4 Å². The van der Waals surface area contributed by atoms with Crippen LogP contribution >= 0.6 is 0 Å². The van der Waals surface area contributed by atoms with Crippen molar-refractivity contribution in [1.82, 2.24) is 0 Å². The first-order valence-electron chi connectivity index (χ1n) is 8.59. The lowest BCUT2D eigenvalue weighted by Gasteiger charge is -2.17. The summed E-state index contributed by atoms with van der Waals surface area (Å²) < 4.78 is 5.20. The summed E-state index contributed by atoms with van der Waals surface area (Å²) >= 11 is 0. The highest BCUT2D eigenvalue weighted by Gasteiger charge is 2.37. The van der Waals surface area contributed by atoms with Crippen molar-refractivity contribution in [2.75, 3.05) is 11.5 Å². The lowest BCUT2D eigenvalue weighted by molar-refractivity contribution is -0.138. The van der Waals surface area contributed by atoms with Gasteiger partial charge in [-0.2, -0.15) is 0 Å². The molecular weight excluding hydrogens is 326 g/mol. The second-order valence-corrected chi connectivity index (χ2v) is 6.13. The van der Waals surface area contributed by atoms with Crippen LogP contribution in [0.5, 0.6) is 0 Å². The molecule has 3 rings (SSSR count). The van der Waals surface area contributed by atoms with Crippen LogP contribution in [-0.4, -0.2) is 18.5 Å². The molecule has 132 valence electrons. The highest BCUT2D eigenvalue weighted by molar-refractivity contribution is 6.23. The molecule has 1 aliphatic rings. The van der Waals surface area contributed by atoms with E-state index in [-0.39, 0.29) is 12.5 Å². The van der Waals surface area contributed by atoms with Crippen LogP contribution < -0.4 is 4.90 Å². The molecule has 26 heavy (non-hydrogen) atoms. The third kappa shape index (κ3) is 3.31. The van der Waals surface area contributed by atoms with Gasteiger partial charge < -0.3 is 4.74 Å². The first-order chi connectivity index (χ1) is 12.5. The molecule has 0 bridgehead atoms. The van der Waals surface area contributed by atoms with Gasteiger partial charge in [0.25, 0.3) is 5.91 Å². The van der Waals surface area contributed by atoms with Crippen molar-refractivity contribution in [2.45, 2.75) is 20.8 Å². The zero-order chi connectivity index (χ0) is 18.7. The number of para-hydroxylation sites is 1. The second kappa shape index (κ2) is 7.40. The lowest BCUT2D eigenvalue weighted by Crippen LogP contribution is -2.24. The summed E-state index contributed by atoms with van der Waals surface area (Å²) in [6, 6.07) is 17.1. The normalized spacial score (nSPS) is 15.7. The van der Waals surface area contributed by atoms with E-state index in [9.17, 15) is 9.59 Å². The summed E-state index contributed by atoms with van der Waals surface area (Å²) in [6.07, 6.45) is 1.75. The standard InChI is InChI=1S/C22H21NO3/c1-4-26-22(25)20-16(3)23(18-8-6-5-7-9-18)21(24)19(20)14-17-12-10-15(2)11-13-17/h5-14H,4H2,1-3H3/b19-14-. The molecule has 0 fully saturated rings. The Labute approximate surface area is 153 Å². The predicted octanol–water partition coefficient (Wildman–Crippen LogP) is 4.26. The van der Waals surface area contributed by atoms with Crippen LogP contribution in [-0.2, 0) is 14.3 Å². The molecular formula is C22H21NO3. The van der Waals surface area contributed by atoms with E-state index in [1.807, 2.05) is 61.5 Å². The van der Waals surface area contributed by atoms with E-state index in [1.165, 1.54) is 0 Å². The molecule has 2 aromatic rings. The van der Waals surface area contributed by atoms with Gasteiger partial charge in [-0.15, -0.1) is 0 Å². The van der Waals surface area contributed by atoms with Gasteiger partial charge >= 0.3 is 5.97 Å². The molecule has 0 saturated heterocycles. The largest absolute Gasteiger partial charge is 0.462 e. The summed E-state index contributed by atoms with van der Waals surface area (Å²) in [5.41, 5.74) is 3.98. The van der Waals surface area contributed by atoms with E-state index < -0.39 is 5.97 Å². The molecule has 0 spiro atoms. The maximum atomic E-state index is 13.1. The number of carbonyl (C=O) groups excluding carboxylic acids is 2. The number of nitrogens with zero attached hydrogens (tertiary/aromatic N) is 1. The van der Waals surface area contributed by atoms with Gasteiger partial charge in [-0.1, -0.05) is 48.0 Å². The molecule has 1 amide bonds. The smallest absolute Gasteiger partial charge is 0.340 e. The van der Waals surface area contributed by atoms with Crippen molar-refractivity contribution in [2.24, 2.45) is 0 Å². The van der Waals surface area contributed by atoms with E-state index >= 15 is 0 Å². The number of carbonyl (C=O) groups is 2. The number of amides is 1. The highest BCUT2D eigenvalue weighted by atomic mass is 16.5. The van der Waals surface area contributed by atoms with Gasteiger partial charge in [-0.25, -0.2) is 4.79 Å². The van der Waals surface area contributed by atoms with E-state index in [0.717, 1.165) is 16.8 Å². The van der Waals surface area contributed by atoms with Crippen molar-refractivity contribution >= 4 is 23.6 Å². The molecule has 4 nitrogen and oxygen atoms in total. The third-order valence-electron chi connectivity index (χ3n) is 4.28. The summed E-state index contributed by atoms with van der Waals surface area (Å²) in [6.45, 7) is 5.78. The Morgan fingerprint density at radius 1 is 1.04 bits per heavy atom. The average Bonchev–Trinajstić information content (AvgIpc) is 2.88. The summed E-state index contributed by atoms with van der Waals surface area (Å²) in [5, 5.41) is 0. The highest BCUT2D eigenvalue weighted by Crippen LogP contribution is 2.35. The van der Waals surface area contributed by atoms with E-state index in [1.54, 1.807) is 24.8 Å². The van der Waals surface area contributed by atoms with Gasteiger partial charge in [0.05, 0.1) is 17.8 Å². The predicted molar refractivity (Wildman–Crippen MR) is 102 cm³/mol. The van der Waals surface area contributed by atoms with Crippen LogP contribution in [0.15, 0.2) is 71.4 Å². The topological polar surface area (TPSA) is 46.6 Å². The molecule has 0 radical (unpaired) electrons. The fourth-order valence-electron chi connectivity index (χ4n) is 3.00. The SMILES string of the molecule is CCOC(=O)C1=C(C)N(c2ccccc2)C(=O)/C1=C\c1ccc(C)cc1. The minimum atomic E-state index is -0.477. The maximum absolute atomic E-state index is 13.1. The van der Waals surface area contributed by atoms with Crippen molar-refractivity contribution < 1.29 is 14.3 Å². The third-order valence-corrected chi connectivity index (χ3v) is 4.28. The van der Waals surface area contributed by atoms with Gasteiger partial charge in [-0.05, 0) is 44.5 Å². The van der Waals surface area contributed by atoms with Crippen molar-refractivity contribution in [3.8, 4) is 0 Å². The lowest BCUT2D eigenvalue weighted by atomic mass is 10.0. The van der Waals surface area contributed by atoms with Crippen molar-refractivity contribution in [3.63, 3.8) is 0 Å². The number of hydrogen-bond donors (Lipinski definition) is 0. The quantitative estimate of drug-likeness (QED) is 0.613. The fraction of sp³-hybridized carbons (Fsp3) is 0.182. The molecule has 0 saturated carbocycles. The number of benzene rings is 2. The molecule has 1 aliphatic heterocycles. The Bertz CT molecular complexity index is 893. The first kappa shape index (κ1) is 17.7. The van der Waals surface area contributed by atoms with Gasteiger partial charge in [-0.3, -0.25) is 9.69 Å². The molecule has 0 unspecified atom stereocenters. The van der Waals surface area contributed by atoms with Gasteiger partial charge in [0.1, 0.15) is 0 Å². The van der Waals surface area contributed by atoms with Gasteiger partial charge in [0.2, 0.25) is 0 Å². The molecule has 0 aromatic heterocycles. The number of allylic oxidation sites excluding steroid dienone is 1. The Hall–Kier alpha value is -3.14. The number of aryl methyl sites for hydroxylation is 1. The number of rotatable bonds is 4. The summed E-state index contributed by atoms with van der Waals surface area (Å²) in [5.74, 6) is -0.701. The van der Waals surface area contributed by atoms with Crippen molar-refractivity contribution in [3.05, 3.63) is 82.6 Å². The zero-order valence-corrected chi connectivity index (χ0v) is 15.2. The summed E-state index contributed by atoms with van der Waals surface area (Å²) in [4.78, 5) is 27.2. The van der Waals surface area contributed by atoms with Crippen LogP contribution in [0.2, 0.25) is 0 Å². The summed E-state index contributed by atoms with van der Waals surface area (Å²) in [7, 11) is 0. The fourth-order valence-corrected chi connectivity index (χ4v) is 3.00.